The van der Waals surface area contributed by atoms with E-state index in [0.29, 0.717) is 11.4 Å². The van der Waals surface area contributed by atoms with Crippen LogP contribution in [0.15, 0.2) is 41.8 Å². The molecule has 1 N–H and O–H groups in total. The summed E-state index contributed by atoms with van der Waals surface area (Å²) >= 11 is 1.37. The maximum absolute atomic E-state index is 12.7. The SMILES string of the molecule is CCn1ccnc1SCC(=O)Nc1c(C#N)c(C)c(C)n1-c1ccc(OC)cc1. The number of aromatic nitrogens is 3. The van der Waals surface area contributed by atoms with Crippen molar-refractivity contribution in [3.63, 3.8) is 0 Å². The van der Waals surface area contributed by atoms with Crippen LogP contribution in [0.5, 0.6) is 5.75 Å². The Morgan fingerprint density at radius 1 is 1.31 bits per heavy atom. The number of amides is 1. The quantitative estimate of drug-likeness (QED) is 0.598. The molecule has 2 aromatic heterocycles. The Hall–Kier alpha value is -3.18. The van der Waals surface area contributed by atoms with E-state index in [0.717, 1.165) is 34.4 Å². The molecule has 3 aromatic rings. The first-order chi connectivity index (χ1) is 14.0. The van der Waals surface area contributed by atoms with E-state index in [2.05, 4.69) is 16.4 Å². The van der Waals surface area contributed by atoms with E-state index in [4.69, 9.17) is 4.74 Å². The fraction of sp³-hybridized carbons (Fsp3) is 0.286. The van der Waals surface area contributed by atoms with Gasteiger partial charge in [0.05, 0.1) is 18.4 Å². The second kappa shape index (κ2) is 8.88. The number of nitriles is 1. The summed E-state index contributed by atoms with van der Waals surface area (Å²) in [6.07, 6.45) is 3.61. The Morgan fingerprint density at radius 3 is 2.66 bits per heavy atom. The highest BCUT2D eigenvalue weighted by Gasteiger charge is 2.21. The molecule has 29 heavy (non-hydrogen) atoms. The second-order valence-electron chi connectivity index (χ2n) is 6.41. The molecule has 1 aromatic carbocycles. The summed E-state index contributed by atoms with van der Waals surface area (Å²) in [5.74, 6) is 1.24. The molecule has 0 aliphatic heterocycles. The van der Waals surface area contributed by atoms with Gasteiger partial charge >= 0.3 is 0 Å². The Kier molecular flexibility index (Phi) is 6.29. The summed E-state index contributed by atoms with van der Waals surface area (Å²) in [7, 11) is 1.61. The Balaban J connectivity index is 1.88. The number of carbonyl (C=O) groups is 1. The van der Waals surface area contributed by atoms with Gasteiger partial charge in [0.15, 0.2) is 5.16 Å². The van der Waals surface area contributed by atoms with Gasteiger partial charge in [0.1, 0.15) is 17.6 Å². The molecule has 7 nitrogen and oxygen atoms in total. The van der Waals surface area contributed by atoms with Gasteiger partial charge in [-0.1, -0.05) is 11.8 Å². The molecule has 1 amide bonds. The minimum absolute atomic E-state index is 0.190. The zero-order valence-electron chi connectivity index (χ0n) is 16.9. The van der Waals surface area contributed by atoms with Crippen LogP contribution in [0.3, 0.4) is 0 Å². The lowest BCUT2D eigenvalue weighted by atomic mass is 10.2. The zero-order valence-corrected chi connectivity index (χ0v) is 17.7. The van der Waals surface area contributed by atoms with Crippen molar-refractivity contribution in [2.45, 2.75) is 32.5 Å². The zero-order chi connectivity index (χ0) is 21.0. The summed E-state index contributed by atoms with van der Waals surface area (Å²) in [6, 6.07) is 9.72. The number of nitrogens with zero attached hydrogens (tertiary/aromatic N) is 4. The summed E-state index contributed by atoms with van der Waals surface area (Å²) in [6.45, 7) is 6.64. The molecular formula is C21H23N5O2S. The smallest absolute Gasteiger partial charge is 0.236 e. The van der Waals surface area contributed by atoms with Gasteiger partial charge in [0.2, 0.25) is 5.91 Å². The minimum Gasteiger partial charge on any atom is -0.497 e. The van der Waals surface area contributed by atoms with E-state index in [1.165, 1.54) is 11.8 Å². The van der Waals surface area contributed by atoms with Gasteiger partial charge in [-0.15, -0.1) is 0 Å². The van der Waals surface area contributed by atoms with Gasteiger partial charge in [-0.25, -0.2) is 4.98 Å². The first kappa shape index (κ1) is 20.6. The number of ether oxygens (including phenoxy) is 1. The van der Waals surface area contributed by atoms with Crippen molar-refractivity contribution in [1.29, 1.82) is 5.26 Å². The van der Waals surface area contributed by atoms with Gasteiger partial charge in [0, 0.05) is 30.3 Å². The van der Waals surface area contributed by atoms with Crippen molar-refractivity contribution in [2.24, 2.45) is 0 Å². The Bertz CT molecular complexity index is 1060. The van der Waals surface area contributed by atoms with Crippen LogP contribution in [0.1, 0.15) is 23.7 Å². The van der Waals surface area contributed by atoms with Crippen LogP contribution in [0.4, 0.5) is 5.82 Å². The van der Waals surface area contributed by atoms with E-state index < -0.39 is 0 Å². The number of hydrogen-bond donors (Lipinski definition) is 1. The van der Waals surface area contributed by atoms with Gasteiger partial charge in [-0.05, 0) is 50.6 Å². The normalized spacial score (nSPS) is 10.6. The van der Waals surface area contributed by atoms with Crippen LogP contribution in [0.25, 0.3) is 5.69 Å². The molecule has 8 heteroatoms. The van der Waals surface area contributed by atoms with Gasteiger partial charge in [-0.2, -0.15) is 5.26 Å². The summed E-state index contributed by atoms with van der Waals surface area (Å²) in [4.78, 5) is 16.9. The Labute approximate surface area is 174 Å². The molecular weight excluding hydrogens is 386 g/mol. The lowest BCUT2D eigenvalue weighted by molar-refractivity contribution is -0.113. The van der Waals surface area contributed by atoms with E-state index >= 15 is 0 Å². The van der Waals surface area contributed by atoms with Crippen LogP contribution in [-0.2, 0) is 11.3 Å². The lowest BCUT2D eigenvalue weighted by Gasteiger charge is -2.14. The molecule has 0 unspecified atom stereocenters. The van der Waals surface area contributed by atoms with Crippen LogP contribution in [0, 0.1) is 25.2 Å². The van der Waals surface area contributed by atoms with E-state index in [1.807, 2.05) is 60.4 Å². The predicted octanol–water partition coefficient (Wildman–Crippen LogP) is 3.92. The number of rotatable bonds is 7. The van der Waals surface area contributed by atoms with Gasteiger partial charge in [0.25, 0.3) is 0 Å². The fourth-order valence-corrected chi connectivity index (χ4v) is 3.91. The first-order valence-corrected chi connectivity index (χ1v) is 10.2. The van der Waals surface area contributed by atoms with Crippen LogP contribution in [0.2, 0.25) is 0 Å². The average molecular weight is 410 g/mol. The van der Waals surface area contributed by atoms with Gasteiger partial charge < -0.3 is 14.6 Å². The number of benzene rings is 1. The number of methoxy groups -OCH3 is 1. The van der Waals surface area contributed by atoms with Crippen LogP contribution in [-0.4, -0.2) is 32.9 Å². The molecule has 0 saturated heterocycles. The number of aryl methyl sites for hydroxylation is 1. The van der Waals surface area contributed by atoms with Crippen molar-refractivity contribution < 1.29 is 9.53 Å². The van der Waals surface area contributed by atoms with Crippen molar-refractivity contribution in [1.82, 2.24) is 14.1 Å². The fourth-order valence-electron chi connectivity index (χ4n) is 3.09. The summed E-state index contributed by atoms with van der Waals surface area (Å²) in [5, 5.41) is 13.4. The van der Waals surface area contributed by atoms with E-state index in [9.17, 15) is 10.1 Å². The van der Waals surface area contributed by atoms with E-state index in [1.54, 1.807) is 13.3 Å². The lowest BCUT2D eigenvalue weighted by Crippen LogP contribution is -2.18. The Morgan fingerprint density at radius 2 is 2.03 bits per heavy atom. The second-order valence-corrected chi connectivity index (χ2v) is 7.35. The van der Waals surface area contributed by atoms with Crippen molar-refractivity contribution in [2.75, 3.05) is 18.2 Å². The maximum atomic E-state index is 12.7. The average Bonchev–Trinajstić information content (AvgIpc) is 3.29. The van der Waals surface area contributed by atoms with Crippen LogP contribution < -0.4 is 10.1 Å². The standard InChI is InChI=1S/C21H23N5O2S/c1-5-25-11-10-23-21(25)29-13-19(27)24-20-18(12-22)14(2)15(3)26(20)16-6-8-17(28-4)9-7-16/h6-11H,5,13H2,1-4H3,(H,24,27). The van der Waals surface area contributed by atoms with Crippen molar-refractivity contribution in [3.8, 4) is 17.5 Å². The molecule has 0 saturated carbocycles. The molecule has 0 spiro atoms. The summed E-state index contributed by atoms with van der Waals surface area (Å²) in [5.41, 5.74) is 3.05. The van der Waals surface area contributed by atoms with Gasteiger partial charge in [-0.3, -0.25) is 9.36 Å². The number of nitrogens with one attached hydrogen (secondary N) is 1. The third-order valence-corrected chi connectivity index (χ3v) is 5.77. The molecule has 150 valence electrons. The largest absolute Gasteiger partial charge is 0.497 e. The predicted molar refractivity (Wildman–Crippen MR) is 114 cm³/mol. The third-order valence-electron chi connectivity index (χ3n) is 4.76. The molecule has 0 aliphatic carbocycles. The molecule has 0 atom stereocenters. The maximum Gasteiger partial charge on any atom is 0.236 e. The number of carbonyl (C=O) groups excluding carboxylic acids is 1. The first-order valence-electron chi connectivity index (χ1n) is 9.20. The molecule has 0 radical (unpaired) electrons. The number of imidazole rings is 1. The number of thioether (sulfide) groups is 1. The highest BCUT2D eigenvalue weighted by molar-refractivity contribution is 7.99. The minimum atomic E-state index is -0.190. The highest BCUT2D eigenvalue weighted by Crippen LogP contribution is 2.31. The van der Waals surface area contributed by atoms with E-state index in [-0.39, 0.29) is 11.7 Å². The molecule has 0 aliphatic rings. The van der Waals surface area contributed by atoms with Crippen LogP contribution >= 0.6 is 11.8 Å². The molecule has 2 heterocycles. The highest BCUT2D eigenvalue weighted by atomic mass is 32.2. The number of hydrogen-bond acceptors (Lipinski definition) is 5. The van der Waals surface area contributed by atoms with Crippen molar-refractivity contribution >= 4 is 23.5 Å². The molecule has 0 fully saturated rings. The monoisotopic (exact) mass is 409 g/mol. The third kappa shape index (κ3) is 4.15. The summed E-state index contributed by atoms with van der Waals surface area (Å²) < 4.78 is 9.10. The molecule has 0 bridgehead atoms. The molecule has 3 rings (SSSR count). The topological polar surface area (TPSA) is 84.9 Å². The number of anilines is 1. The van der Waals surface area contributed by atoms with Crippen molar-refractivity contribution in [3.05, 3.63) is 53.5 Å².